The van der Waals surface area contributed by atoms with E-state index in [0.29, 0.717) is 36.9 Å². The Hall–Kier alpha value is -1.43. The Morgan fingerprint density at radius 1 is 1.47 bits per heavy atom. The maximum atomic E-state index is 13.8. The van der Waals surface area contributed by atoms with Crippen molar-refractivity contribution in [3.8, 4) is 11.3 Å². The molecule has 0 bridgehead atoms. The number of methoxy groups -OCH3 is 1. The lowest BCUT2D eigenvalue weighted by atomic mass is 10.2. The highest BCUT2D eigenvalue weighted by Gasteiger charge is 2.12. The second-order valence-electron chi connectivity index (χ2n) is 3.89. The molecule has 19 heavy (non-hydrogen) atoms. The molecule has 102 valence electrons. The first-order valence-corrected chi connectivity index (χ1v) is 6.19. The van der Waals surface area contributed by atoms with E-state index in [1.807, 2.05) is 0 Å². The third kappa shape index (κ3) is 3.53. The molecule has 0 aliphatic carbocycles. The average Bonchev–Trinajstić information content (AvgIpc) is 2.87. The largest absolute Gasteiger partial charge is 0.439 e. The van der Waals surface area contributed by atoms with Gasteiger partial charge in [0.15, 0.2) is 11.6 Å². The number of ether oxygens (including phenoxy) is 1. The maximum Gasteiger partial charge on any atom is 0.208 e. The van der Waals surface area contributed by atoms with Gasteiger partial charge in [-0.1, -0.05) is 17.7 Å². The number of hydrogen-bond acceptors (Lipinski definition) is 4. The Balaban J connectivity index is 2.06. The molecule has 0 aliphatic rings. The van der Waals surface area contributed by atoms with E-state index in [-0.39, 0.29) is 5.02 Å². The zero-order chi connectivity index (χ0) is 13.7. The first kappa shape index (κ1) is 14.0. The monoisotopic (exact) mass is 284 g/mol. The Kier molecular flexibility index (Phi) is 4.90. The molecule has 0 amide bonds. The van der Waals surface area contributed by atoms with E-state index in [2.05, 4.69) is 10.3 Å². The van der Waals surface area contributed by atoms with Crippen LogP contribution in [0.15, 0.2) is 28.8 Å². The number of nitrogens with one attached hydrogen (secondary N) is 1. The average molecular weight is 285 g/mol. The smallest absolute Gasteiger partial charge is 0.208 e. The zero-order valence-electron chi connectivity index (χ0n) is 10.5. The molecule has 1 aromatic carbocycles. The van der Waals surface area contributed by atoms with Crippen molar-refractivity contribution < 1.29 is 13.5 Å². The minimum absolute atomic E-state index is 0.0636. The standard InChI is InChI=1S/C13H14ClFN2O2/c1-18-6-5-16-8-12-17-7-11(19-12)9-3-2-4-10(14)13(9)15/h2-4,7,16H,5-6,8H2,1H3. The summed E-state index contributed by atoms with van der Waals surface area (Å²) in [6.45, 7) is 1.77. The van der Waals surface area contributed by atoms with Gasteiger partial charge in [-0.3, -0.25) is 0 Å². The lowest BCUT2D eigenvalue weighted by Crippen LogP contribution is -2.18. The molecule has 0 unspecified atom stereocenters. The van der Waals surface area contributed by atoms with Crippen molar-refractivity contribution in [3.63, 3.8) is 0 Å². The number of benzene rings is 1. The molecule has 0 fully saturated rings. The second kappa shape index (κ2) is 6.65. The molecule has 0 saturated carbocycles. The molecule has 0 spiro atoms. The van der Waals surface area contributed by atoms with E-state index >= 15 is 0 Å². The topological polar surface area (TPSA) is 47.3 Å². The first-order chi connectivity index (χ1) is 9.22. The second-order valence-corrected chi connectivity index (χ2v) is 4.30. The Morgan fingerprint density at radius 2 is 2.32 bits per heavy atom. The summed E-state index contributed by atoms with van der Waals surface area (Å²) in [7, 11) is 1.63. The minimum Gasteiger partial charge on any atom is -0.439 e. The molecule has 2 aromatic rings. The van der Waals surface area contributed by atoms with Gasteiger partial charge in [-0.2, -0.15) is 0 Å². The summed E-state index contributed by atoms with van der Waals surface area (Å²) < 4.78 is 24.2. The number of aromatic nitrogens is 1. The Labute approximate surface area is 115 Å². The number of nitrogens with zero attached hydrogens (tertiary/aromatic N) is 1. The molecule has 2 rings (SSSR count). The van der Waals surface area contributed by atoms with Crippen LogP contribution in [0, 0.1) is 5.82 Å². The number of halogens is 2. The molecule has 1 aromatic heterocycles. The molecule has 4 nitrogen and oxygen atoms in total. The third-order valence-electron chi connectivity index (χ3n) is 2.53. The molecular formula is C13H14ClFN2O2. The van der Waals surface area contributed by atoms with Crippen LogP contribution in [0.3, 0.4) is 0 Å². The summed E-state index contributed by atoms with van der Waals surface area (Å²) in [5, 5.41) is 3.16. The van der Waals surface area contributed by atoms with E-state index in [1.54, 1.807) is 19.2 Å². The number of hydrogen-bond donors (Lipinski definition) is 1. The predicted molar refractivity (Wildman–Crippen MR) is 70.5 cm³/mol. The van der Waals surface area contributed by atoms with Gasteiger partial charge >= 0.3 is 0 Å². The fraction of sp³-hybridized carbons (Fsp3) is 0.308. The van der Waals surface area contributed by atoms with Crippen molar-refractivity contribution in [2.75, 3.05) is 20.3 Å². The van der Waals surface area contributed by atoms with E-state index in [1.165, 1.54) is 12.3 Å². The highest BCUT2D eigenvalue weighted by molar-refractivity contribution is 6.31. The van der Waals surface area contributed by atoms with Crippen LogP contribution in [-0.4, -0.2) is 25.2 Å². The molecule has 6 heteroatoms. The van der Waals surface area contributed by atoms with Gasteiger partial charge in [-0.25, -0.2) is 9.37 Å². The van der Waals surface area contributed by atoms with Gasteiger partial charge in [0, 0.05) is 13.7 Å². The van der Waals surface area contributed by atoms with Crippen molar-refractivity contribution in [1.82, 2.24) is 10.3 Å². The van der Waals surface area contributed by atoms with Crippen LogP contribution in [0.1, 0.15) is 5.89 Å². The van der Waals surface area contributed by atoms with Gasteiger partial charge in [0.25, 0.3) is 0 Å². The molecule has 0 atom stereocenters. The molecule has 1 N–H and O–H groups in total. The van der Waals surface area contributed by atoms with Crippen molar-refractivity contribution in [2.45, 2.75) is 6.54 Å². The molecular weight excluding hydrogens is 271 g/mol. The van der Waals surface area contributed by atoms with Crippen LogP contribution in [0.5, 0.6) is 0 Å². The van der Waals surface area contributed by atoms with Gasteiger partial charge < -0.3 is 14.5 Å². The van der Waals surface area contributed by atoms with E-state index in [4.69, 9.17) is 20.8 Å². The Morgan fingerprint density at radius 3 is 3.11 bits per heavy atom. The summed E-state index contributed by atoms with van der Waals surface area (Å²) in [5.41, 5.74) is 0.308. The quantitative estimate of drug-likeness (QED) is 0.829. The van der Waals surface area contributed by atoms with E-state index in [0.717, 1.165) is 0 Å². The molecule has 1 heterocycles. The first-order valence-electron chi connectivity index (χ1n) is 5.81. The summed E-state index contributed by atoms with van der Waals surface area (Å²) in [6, 6.07) is 4.76. The molecule has 0 radical (unpaired) electrons. The van der Waals surface area contributed by atoms with E-state index < -0.39 is 5.82 Å². The summed E-state index contributed by atoms with van der Waals surface area (Å²) >= 11 is 5.73. The SMILES string of the molecule is COCCNCc1ncc(-c2cccc(Cl)c2F)o1. The van der Waals surface area contributed by atoms with Gasteiger partial charge in [0.1, 0.15) is 0 Å². The van der Waals surface area contributed by atoms with Crippen LogP contribution < -0.4 is 5.32 Å². The zero-order valence-corrected chi connectivity index (χ0v) is 11.2. The summed E-state index contributed by atoms with van der Waals surface area (Å²) in [4.78, 5) is 4.08. The van der Waals surface area contributed by atoms with E-state index in [9.17, 15) is 4.39 Å². The van der Waals surface area contributed by atoms with Crippen LogP contribution in [0.25, 0.3) is 11.3 Å². The molecule has 0 aliphatic heterocycles. The molecule has 0 saturated heterocycles. The van der Waals surface area contributed by atoms with Crippen LogP contribution in [0.2, 0.25) is 5.02 Å². The van der Waals surface area contributed by atoms with Gasteiger partial charge in [0.05, 0.1) is 29.9 Å². The van der Waals surface area contributed by atoms with Gasteiger partial charge in [-0.05, 0) is 12.1 Å². The third-order valence-corrected chi connectivity index (χ3v) is 2.82. The van der Waals surface area contributed by atoms with Crippen LogP contribution >= 0.6 is 11.6 Å². The fourth-order valence-corrected chi connectivity index (χ4v) is 1.75. The van der Waals surface area contributed by atoms with Crippen molar-refractivity contribution in [2.24, 2.45) is 0 Å². The van der Waals surface area contributed by atoms with Crippen LogP contribution in [0.4, 0.5) is 4.39 Å². The predicted octanol–water partition coefficient (Wildman–Crippen LogP) is 2.87. The van der Waals surface area contributed by atoms with Crippen LogP contribution in [-0.2, 0) is 11.3 Å². The lowest BCUT2D eigenvalue weighted by molar-refractivity contribution is 0.198. The highest BCUT2D eigenvalue weighted by Crippen LogP contribution is 2.27. The highest BCUT2D eigenvalue weighted by atomic mass is 35.5. The minimum atomic E-state index is -0.501. The van der Waals surface area contributed by atoms with Gasteiger partial charge in [0.2, 0.25) is 5.89 Å². The Bertz CT molecular complexity index is 545. The van der Waals surface area contributed by atoms with Crippen molar-refractivity contribution >= 4 is 11.6 Å². The summed E-state index contributed by atoms with van der Waals surface area (Å²) in [6.07, 6.45) is 1.49. The number of oxazole rings is 1. The number of rotatable bonds is 6. The van der Waals surface area contributed by atoms with Gasteiger partial charge in [-0.15, -0.1) is 0 Å². The van der Waals surface area contributed by atoms with Crippen molar-refractivity contribution in [1.29, 1.82) is 0 Å². The maximum absolute atomic E-state index is 13.8. The van der Waals surface area contributed by atoms with Crippen molar-refractivity contribution in [3.05, 3.63) is 41.1 Å². The fourth-order valence-electron chi connectivity index (χ4n) is 1.58. The normalized spacial score (nSPS) is 10.9. The summed E-state index contributed by atoms with van der Waals surface area (Å²) in [5.74, 6) is 0.355. The lowest BCUT2D eigenvalue weighted by Gasteiger charge is -2.01.